The van der Waals surface area contributed by atoms with Crippen LogP contribution in [-0.2, 0) is 17.9 Å². The Hall–Kier alpha value is -4.08. The zero-order chi connectivity index (χ0) is 19.8. The lowest BCUT2D eigenvalue weighted by Gasteiger charge is -2.09. The number of ether oxygens (including phenoxy) is 1. The van der Waals surface area contributed by atoms with E-state index in [4.69, 9.17) is 4.74 Å². The lowest BCUT2D eigenvalue weighted by Crippen LogP contribution is -2.23. The van der Waals surface area contributed by atoms with Gasteiger partial charge in [-0.3, -0.25) is 14.9 Å². The quantitative estimate of drug-likeness (QED) is 0.362. The van der Waals surface area contributed by atoms with E-state index in [1.54, 1.807) is 24.3 Å². The van der Waals surface area contributed by atoms with Crippen LogP contribution in [0.15, 0.2) is 66.3 Å². The smallest absolute Gasteiger partial charge is 0.269 e. The second-order valence-corrected chi connectivity index (χ2v) is 5.64. The largest absolute Gasteiger partial charge is 0.488 e. The first-order chi connectivity index (χ1) is 13.6. The van der Waals surface area contributed by atoms with Crippen molar-refractivity contribution in [2.24, 2.45) is 5.10 Å². The molecule has 0 aliphatic rings. The third kappa shape index (κ3) is 5.21. The van der Waals surface area contributed by atoms with Crippen LogP contribution >= 0.6 is 0 Å². The summed E-state index contributed by atoms with van der Waals surface area (Å²) in [6.45, 7) is 0.247. The SMILES string of the molecule is O=C(Cn1cncn1)NN=Cc1ccccc1OCc1ccc([N+](=O)[O-])cc1. The van der Waals surface area contributed by atoms with Gasteiger partial charge in [0.2, 0.25) is 0 Å². The number of amides is 1. The number of nitro benzene ring substituents is 1. The number of carbonyl (C=O) groups is 1. The summed E-state index contributed by atoms with van der Waals surface area (Å²) >= 11 is 0. The van der Waals surface area contributed by atoms with E-state index in [2.05, 4.69) is 20.6 Å². The Morgan fingerprint density at radius 3 is 2.75 bits per heavy atom. The second kappa shape index (κ2) is 9.03. The number of nitrogens with zero attached hydrogens (tertiary/aromatic N) is 5. The van der Waals surface area contributed by atoms with Crippen LogP contribution in [0.25, 0.3) is 0 Å². The molecule has 0 radical (unpaired) electrons. The topological polar surface area (TPSA) is 125 Å². The molecule has 0 aliphatic carbocycles. The molecule has 0 bridgehead atoms. The van der Waals surface area contributed by atoms with Gasteiger partial charge in [-0.15, -0.1) is 0 Å². The van der Waals surface area contributed by atoms with Crippen LogP contribution in [0.4, 0.5) is 5.69 Å². The Balaban J connectivity index is 1.57. The summed E-state index contributed by atoms with van der Waals surface area (Å²) < 4.78 is 7.15. The van der Waals surface area contributed by atoms with E-state index in [-0.39, 0.29) is 24.7 Å². The molecule has 0 fully saturated rings. The van der Waals surface area contributed by atoms with Crippen molar-refractivity contribution in [2.75, 3.05) is 0 Å². The van der Waals surface area contributed by atoms with E-state index in [9.17, 15) is 14.9 Å². The maximum atomic E-state index is 11.8. The number of non-ortho nitro benzene ring substituents is 1. The third-order valence-electron chi connectivity index (χ3n) is 3.63. The lowest BCUT2D eigenvalue weighted by molar-refractivity contribution is -0.384. The Morgan fingerprint density at radius 1 is 1.25 bits per heavy atom. The Bertz CT molecular complexity index is 970. The van der Waals surface area contributed by atoms with E-state index < -0.39 is 4.92 Å². The molecule has 10 nitrogen and oxygen atoms in total. The van der Waals surface area contributed by atoms with Gasteiger partial charge in [0.1, 0.15) is 31.6 Å². The van der Waals surface area contributed by atoms with Crippen molar-refractivity contribution >= 4 is 17.8 Å². The molecule has 0 spiro atoms. The summed E-state index contributed by atoms with van der Waals surface area (Å²) in [5.41, 5.74) is 3.90. The summed E-state index contributed by atoms with van der Waals surface area (Å²) in [5.74, 6) is 0.223. The fourth-order valence-corrected chi connectivity index (χ4v) is 2.26. The Labute approximate surface area is 159 Å². The van der Waals surface area contributed by atoms with Crippen molar-refractivity contribution in [1.29, 1.82) is 0 Å². The standard InChI is InChI=1S/C18H16N6O4/c25-18(10-23-13-19-12-21-23)22-20-9-15-3-1-2-4-17(15)28-11-14-5-7-16(8-6-14)24(26)27/h1-9,12-13H,10-11H2,(H,22,25). The molecule has 28 heavy (non-hydrogen) atoms. The summed E-state index contributed by atoms with van der Waals surface area (Å²) in [6.07, 6.45) is 4.25. The molecule has 1 heterocycles. The minimum absolute atomic E-state index is 0.00955. The molecule has 2 aromatic carbocycles. The van der Waals surface area contributed by atoms with Crippen molar-refractivity contribution in [3.63, 3.8) is 0 Å². The van der Waals surface area contributed by atoms with Crippen LogP contribution in [0.5, 0.6) is 5.75 Å². The summed E-state index contributed by atoms with van der Waals surface area (Å²) in [4.78, 5) is 25.8. The number of carbonyl (C=O) groups excluding carboxylic acids is 1. The van der Waals surface area contributed by atoms with E-state index in [0.29, 0.717) is 11.3 Å². The maximum absolute atomic E-state index is 11.8. The van der Waals surface area contributed by atoms with Crippen LogP contribution < -0.4 is 10.2 Å². The Morgan fingerprint density at radius 2 is 2.04 bits per heavy atom. The van der Waals surface area contributed by atoms with Gasteiger partial charge in [-0.25, -0.2) is 15.1 Å². The van der Waals surface area contributed by atoms with Gasteiger partial charge in [0.05, 0.1) is 11.1 Å². The number of hydrogen-bond acceptors (Lipinski definition) is 7. The number of rotatable bonds is 8. The molecule has 0 unspecified atom stereocenters. The monoisotopic (exact) mass is 380 g/mol. The molecule has 0 saturated heterocycles. The van der Waals surface area contributed by atoms with Gasteiger partial charge in [-0.1, -0.05) is 12.1 Å². The number of benzene rings is 2. The molecule has 1 N–H and O–H groups in total. The maximum Gasteiger partial charge on any atom is 0.269 e. The molecule has 0 saturated carbocycles. The molecule has 1 aromatic heterocycles. The third-order valence-corrected chi connectivity index (χ3v) is 3.63. The van der Waals surface area contributed by atoms with E-state index in [1.807, 2.05) is 12.1 Å². The molecule has 0 aliphatic heterocycles. The van der Waals surface area contributed by atoms with Gasteiger partial charge in [0, 0.05) is 17.7 Å². The lowest BCUT2D eigenvalue weighted by atomic mass is 10.2. The number of nitro groups is 1. The zero-order valence-corrected chi connectivity index (χ0v) is 14.6. The fourth-order valence-electron chi connectivity index (χ4n) is 2.26. The minimum atomic E-state index is -0.451. The van der Waals surface area contributed by atoms with Crippen molar-refractivity contribution in [3.8, 4) is 5.75 Å². The summed E-state index contributed by atoms with van der Waals surface area (Å²) in [6, 6.07) is 13.3. The van der Waals surface area contributed by atoms with E-state index >= 15 is 0 Å². The van der Waals surface area contributed by atoms with E-state index in [0.717, 1.165) is 5.56 Å². The summed E-state index contributed by atoms with van der Waals surface area (Å²) in [7, 11) is 0. The molecule has 0 atom stereocenters. The van der Waals surface area contributed by atoms with Crippen LogP contribution in [-0.4, -0.2) is 31.8 Å². The molecule has 1 amide bonds. The minimum Gasteiger partial charge on any atom is -0.488 e. The highest BCUT2D eigenvalue weighted by molar-refractivity contribution is 5.85. The first kappa shape index (κ1) is 18.7. The molecular weight excluding hydrogens is 364 g/mol. The van der Waals surface area contributed by atoms with Gasteiger partial charge >= 0.3 is 0 Å². The normalized spacial score (nSPS) is 10.7. The average molecular weight is 380 g/mol. The molecule has 3 aromatic rings. The van der Waals surface area contributed by atoms with Gasteiger partial charge in [-0.05, 0) is 29.8 Å². The number of para-hydroxylation sites is 1. The van der Waals surface area contributed by atoms with Crippen LogP contribution in [0.2, 0.25) is 0 Å². The highest BCUT2D eigenvalue weighted by Gasteiger charge is 2.06. The first-order valence-electron chi connectivity index (χ1n) is 8.21. The predicted molar refractivity (Wildman–Crippen MR) is 99.6 cm³/mol. The van der Waals surface area contributed by atoms with Gasteiger partial charge in [-0.2, -0.15) is 10.2 Å². The highest BCUT2D eigenvalue weighted by atomic mass is 16.6. The number of nitrogens with one attached hydrogen (secondary N) is 1. The molecule has 142 valence electrons. The van der Waals surface area contributed by atoms with Gasteiger partial charge in [0.25, 0.3) is 11.6 Å². The molecule has 3 rings (SSSR count). The Kier molecular flexibility index (Phi) is 6.03. The summed E-state index contributed by atoms with van der Waals surface area (Å²) in [5, 5.41) is 18.5. The van der Waals surface area contributed by atoms with Crippen LogP contribution in [0, 0.1) is 10.1 Å². The van der Waals surface area contributed by atoms with E-state index in [1.165, 1.54) is 35.7 Å². The molecule has 10 heteroatoms. The van der Waals surface area contributed by atoms with Gasteiger partial charge < -0.3 is 4.74 Å². The fraction of sp³-hybridized carbons (Fsp3) is 0.111. The first-order valence-corrected chi connectivity index (χ1v) is 8.21. The van der Waals surface area contributed by atoms with Crippen molar-refractivity contribution in [2.45, 2.75) is 13.2 Å². The van der Waals surface area contributed by atoms with Crippen molar-refractivity contribution in [1.82, 2.24) is 20.2 Å². The number of hydrazone groups is 1. The van der Waals surface area contributed by atoms with Crippen LogP contribution in [0.1, 0.15) is 11.1 Å². The molecular formula is C18H16N6O4. The predicted octanol–water partition coefficient (Wildman–Crippen LogP) is 1.92. The van der Waals surface area contributed by atoms with Crippen LogP contribution in [0.3, 0.4) is 0 Å². The zero-order valence-electron chi connectivity index (χ0n) is 14.6. The van der Waals surface area contributed by atoms with Crippen molar-refractivity contribution < 1.29 is 14.5 Å². The van der Waals surface area contributed by atoms with Gasteiger partial charge in [0.15, 0.2) is 0 Å². The number of aromatic nitrogens is 3. The highest BCUT2D eigenvalue weighted by Crippen LogP contribution is 2.18. The second-order valence-electron chi connectivity index (χ2n) is 5.64. The number of hydrogen-bond donors (Lipinski definition) is 1. The average Bonchev–Trinajstić information content (AvgIpc) is 3.20. The van der Waals surface area contributed by atoms with Crippen molar-refractivity contribution in [3.05, 3.63) is 82.4 Å².